The van der Waals surface area contributed by atoms with Crippen molar-refractivity contribution in [2.75, 3.05) is 12.9 Å². The highest BCUT2D eigenvalue weighted by Crippen LogP contribution is 2.02. The van der Waals surface area contributed by atoms with E-state index in [-0.39, 0.29) is 13.0 Å². The molecule has 0 aromatic carbocycles. The Balaban J connectivity index is 3.76. The van der Waals surface area contributed by atoms with E-state index < -0.39 is 27.1 Å². The van der Waals surface area contributed by atoms with Crippen LogP contribution in [0.2, 0.25) is 0 Å². The quantitative estimate of drug-likeness (QED) is 0.392. The van der Waals surface area contributed by atoms with Crippen molar-refractivity contribution in [3.8, 4) is 0 Å². The normalized spacial score (nSPS) is 13.9. The van der Waals surface area contributed by atoms with Gasteiger partial charge in [0.2, 0.25) is 0 Å². The number of hydrogen-bond acceptors (Lipinski definition) is 5. The third-order valence-electron chi connectivity index (χ3n) is 1.20. The fourth-order valence-corrected chi connectivity index (χ4v) is 1.14. The first-order valence-electron chi connectivity index (χ1n) is 3.83. The molecule has 0 fully saturated rings. The third-order valence-corrected chi connectivity index (χ3v) is 2.19. The zero-order valence-electron chi connectivity index (χ0n) is 7.81. The van der Waals surface area contributed by atoms with Crippen LogP contribution in [0.4, 0.5) is 0 Å². The molecule has 9 heteroatoms. The summed E-state index contributed by atoms with van der Waals surface area (Å²) in [5, 5.41) is 11.2. The summed E-state index contributed by atoms with van der Waals surface area (Å²) in [6.07, 6.45) is -0.454. The molecular formula is C6H11Cl2NO5S. The van der Waals surface area contributed by atoms with Crippen molar-refractivity contribution in [1.29, 1.82) is 0 Å². The van der Waals surface area contributed by atoms with E-state index in [0.717, 1.165) is 6.26 Å². The lowest BCUT2D eigenvalue weighted by Crippen LogP contribution is -2.38. The average Bonchev–Trinajstić information content (AvgIpc) is 2.01. The van der Waals surface area contributed by atoms with Crippen LogP contribution in [0.5, 0.6) is 0 Å². The second-order valence-corrected chi connectivity index (χ2v) is 5.38. The number of nitrogens with one attached hydrogen (secondary N) is 1. The fourth-order valence-electron chi connectivity index (χ4n) is 0.610. The van der Waals surface area contributed by atoms with Crippen LogP contribution in [0.15, 0.2) is 0 Å². The van der Waals surface area contributed by atoms with Crippen molar-refractivity contribution >= 4 is 39.2 Å². The van der Waals surface area contributed by atoms with Gasteiger partial charge in [-0.15, -0.1) is 0 Å². The first kappa shape index (κ1) is 14.9. The maximum atomic E-state index is 10.8. The Morgan fingerprint density at radius 1 is 1.53 bits per heavy atom. The van der Waals surface area contributed by atoms with Crippen LogP contribution in [0.25, 0.3) is 0 Å². The number of hydrogen-bond donors (Lipinski definition) is 2. The number of alkyl halides is 2. The summed E-state index contributed by atoms with van der Waals surface area (Å²) >= 11 is 10.4. The van der Waals surface area contributed by atoms with E-state index in [2.05, 4.69) is 4.18 Å². The van der Waals surface area contributed by atoms with Crippen molar-refractivity contribution in [3.63, 3.8) is 0 Å². The molecule has 0 saturated heterocycles. The molecule has 0 aromatic rings. The second kappa shape index (κ2) is 6.49. The number of halogens is 2. The summed E-state index contributed by atoms with van der Waals surface area (Å²) in [4.78, 5) is 9.54. The van der Waals surface area contributed by atoms with Crippen LogP contribution < -0.4 is 5.32 Å². The number of aliphatic hydroxyl groups excluding tert-OH is 1. The Hall–Kier alpha value is -0.0800. The van der Waals surface area contributed by atoms with Gasteiger partial charge in [-0.2, -0.15) is 8.42 Å². The summed E-state index contributed by atoms with van der Waals surface area (Å²) in [7, 11) is -3.54. The van der Waals surface area contributed by atoms with E-state index in [1.54, 1.807) is 0 Å². The van der Waals surface area contributed by atoms with Gasteiger partial charge in [-0.25, -0.2) is 0 Å². The molecule has 6 nitrogen and oxygen atoms in total. The lowest BCUT2D eigenvalue weighted by Gasteiger charge is -2.12. The van der Waals surface area contributed by atoms with Gasteiger partial charge in [0, 0.05) is 6.42 Å². The largest absolute Gasteiger partial charge is 0.374 e. The molecule has 2 N–H and O–H groups in total. The van der Waals surface area contributed by atoms with Crippen LogP contribution in [0.3, 0.4) is 0 Å². The molecule has 0 rings (SSSR count). The van der Waals surface area contributed by atoms with Gasteiger partial charge in [-0.1, -0.05) is 23.2 Å². The van der Waals surface area contributed by atoms with Gasteiger partial charge >= 0.3 is 0 Å². The molecule has 0 heterocycles. The second-order valence-electron chi connectivity index (χ2n) is 2.64. The van der Waals surface area contributed by atoms with Crippen molar-refractivity contribution in [3.05, 3.63) is 0 Å². The summed E-state index contributed by atoms with van der Waals surface area (Å²) in [5.41, 5.74) is 0. The fraction of sp³-hybridized carbons (Fsp3) is 0.833. The van der Waals surface area contributed by atoms with Crippen LogP contribution in [-0.4, -0.2) is 43.4 Å². The molecule has 0 radical (unpaired) electrons. The average molecular weight is 280 g/mol. The highest BCUT2D eigenvalue weighted by Gasteiger charge is 2.15. The summed E-state index contributed by atoms with van der Waals surface area (Å²) in [6, 6.07) is 0. The minimum atomic E-state index is -3.54. The molecule has 0 aromatic heterocycles. The van der Waals surface area contributed by atoms with Crippen molar-refractivity contribution in [2.24, 2.45) is 0 Å². The van der Waals surface area contributed by atoms with Crippen molar-refractivity contribution in [1.82, 2.24) is 5.32 Å². The molecule has 1 atom stereocenters. The molecule has 0 spiro atoms. The Kier molecular flexibility index (Phi) is 6.46. The molecular weight excluding hydrogens is 269 g/mol. The Morgan fingerprint density at radius 3 is 2.47 bits per heavy atom. The van der Waals surface area contributed by atoms with E-state index in [1.807, 2.05) is 5.32 Å². The van der Waals surface area contributed by atoms with Crippen molar-refractivity contribution in [2.45, 2.75) is 17.5 Å². The van der Waals surface area contributed by atoms with Gasteiger partial charge in [-0.3, -0.25) is 8.98 Å². The minimum absolute atomic E-state index is 0.0840. The van der Waals surface area contributed by atoms with Gasteiger partial charge in [0.15, 0.2) is 4.84 Å². The predicted molar refractivity (Wildman–Crippen MR) is 55.1 cm³/mol. The molecule has 90 valence electrons. The summed E-state index contributed by atoms with van der Waals surface area (Å²) in [5.74, 6) is -0.759. The Bertz CT molecular complexity index is 305. The molecule has 1 amide bonds. The van der Waals surface area contributed by atoms with E-state index in [1.165, 1.54) is 0 Å². The smallest absolute Gasteiger partial charge is 0.264 e. The Morgan fingerprint density at radius 2 is 2.07 bits per heavy atom. The number of aliphatic hydroxyl groups is 1. The maximum absolute atomic E-state index is 10.8. The Labute approximate surface area is 97.6 Å². The first-order valence-corrected chi connectivity index (χ1v) is 6.52. The number of amides is 1. The zero-order valence-corrected chi connectivity index (χ0v) is 10.1. The number of carbonyl (C=O) groups is 1. The topological polar surface area (TPSA) is 92.7 Å². The highest BCUT2D eigenvalue weighted by molar-refractivity contribution is 7.85. The minimum Gasteiger partial charge on any atom is -0.374 e. The van der Waals surface area contributed by atoms with Gasteiger partial charge in [-0.05, 0) is 0 Å². The van der Waals surface area contributed by atoms with Gasteiger partial charge in [0.05, 0.1) is 12.9 Å². The standard InChI is InChI=1S/C6H11Cl2NO5S/c1-15(12,13)14-3-2-4(10)9-6(11)5(7)8/h4-5,10H,2-3H2,1H3,(H,9,11). The summed E-state index contributed by atoms with van der Waals surface area (Å²) < 4.78 is 25.4. The van der Waals surface area contributed by atoms with E-state index >= 15 is 0 Å². The molecule has 15 heavy (non-hydrogen) atoms. The molecule has 1 unspecified atom stereocenters. The van der Waals surface area contributed by atoms with E-state index in [9.17, 15) is 13.2 Å². The molecule has 0 aliphatic carbocycles. The highest BCUT2D eigenvalue weighted by atomic mass is 35.5. The van der Waals surface area contributed by atoms with Gasteiger partial charge in [0.1, 0.15) is 6.23 Å². The van der Waals surface area contributed by atoms with E-state index in [4.69, 9.17) is 28.3 Å². The van der Waals surface area contributed by atoms with Crippen LogP contribution in [0.1, 0.15) is 6.42 Å². The van der Waals surface area contributed by atoms with Gasteiger partial charge < -0.3 is 10.4 Å². The number of carbonyl (C=O) groups excluding carboxylic acids is 1. The summed E-state index contributed by atoms with van der Waals surface area (Å²) in [6.45, 7) is -0.241. The number of rotatable bonds is 6. The van der Waals surface area contributed by atoms with Crippen LogP contribution in [-0.2, 0) is 19.1 Å². The monoisotopic (exact) mass is 279 g/mol. The predicted octanol–water partition coefficient (Wildman–Crippen LogP) is -0.409. The molecule has 0 bridgehead atoms. The van der Waals surface area contributed by atoms with Gasteiger partial charge in [0.25, 0.3) is 16.0 Å². The molecule has 0 aliphatic heterocycles. The maximum Gasteiger partial charge on any atom is 0.264 e. The molecule has 0 aliphatic rings. The lowest BCUT2D eigenvalue weighted by atomic mass is 10.4. The third kappa shape index (κ3) is 8.88. The SMILES string of the molecule is CS(=O)(=O)OCCC(O)NC(=O)C(Cl)Cl. The van der Waals surface area contributed by atoms with Crippen molar-refractivity contribution < 1.29 is 22.5 Å². The first-order chi connectivity index (χ1) is 6.72. The molecule has 0 saturated carbocycles. The van der Waals surface area contributed by atoms with Crippen LogP contribution in [0, 0.1) is 0 Å². The lowest BCUT2D eigenvalue weighted by molar-refractivity contribution is -0.122. The van der Waals surface area contributed by atoms with E-state index in [0.29, 0.717) is 0 Å². The van der Waals surface area contributed by atoms with Crippen LogP contribution >= 0.6 is 23.2 Å². The zero-order chi connectivity index (χ0) is 12.1.